The summed E-state index contributed by atoms with van der Waals surface area (Å²) in [5.41, 5.74) is 0.590. The van der Waals surface area contributed by atoms with Crippen molar-refractivity contribution in [2.45, 2.75) is 25.2 Å². The normalized spacial score (nSPS) is 24.3. The van der Waals surface area contributed by atoms with Gasteiger partial charge in [0, 0.05) is 6.54 Å². The van der Waals surface area contributed by atoms with E-state index in [2.05, 4.69) is 37.8 Å². The van der Waals surface area contributed by atoms with Crippen LogP contribution in [0.4, 0.5) is 0 Å². The number of hydrogen-bond acceptors (Lipinski definition) is 6. The zero-order valence-corrected chi connectivity index (χ0v) is 9.60. The van der Waals surface area contributed by atoms with Crippen molar-refractivity contribution in [2.75, 3.05) is 13.1 Å². The molecule has 3 heterocycles. The Bertz CT molecular complexity index is 485. The molecule has 2 aromatic heterocycles. The van der Waals surface area contributed by atoms with Crippen LogP contribution in [0.2, 0.25) is 0 Å². The van der Waals surface area contributed by atoms with Gasteiger partial charge in [0.2, 0.25) is 11.7 Å². The summed E-state index contributed by atoms with van der Waals surface area (Å²) in [5, 5.41) is 17.5. The average molecular weight is 234 g/mol. The van der Waals surface area contributed by atoms with E-state index in [9.17, 15) is 0 Å². The van der Waals surface area contributed by atoms with Crippen molar-refractivity contribution < 1.29 is 4.52 Å². The quantitative estimate of drug-likeness (QED) is 0.803. The molecule has 0 aromatic carbocycles. The summed E-state index contributed by atoms with van der Waals surface area (Å²) in [6, 6.07) is 0. The molecule has 1 saturated heterocycles. The number of nitrogens with one attached hydrogen (secondary N) is 2. The molecule has 3 rings (SSSR count). The zero-order valence-electron chi connectivity index (χ0n) is 9.60. The lowest BCUT2D eigenvalue weighted by molar-refractivity contribution is 0.285. The number of aromatic amines is 1. The summed E-state index contributed by atoms with van der Waals surface area (Å²) >= 11 is 0. The number of rotatable bonds is 3. The van der Waals surface area contributed by atoms with Crippen LogP contribution in [0.25, 0.3) is 11.5 Å². The Balaban J connectivity index is 1.94. The van der Waals surface area contributed by atoms with Gasteiger partial charge in [0.15, 0.2) is 5.69 Å². The molecular weight excluding hydrogens is 220 g/mol. The average Bonchev–Trinajstić information content (AvgIpc) is 3.10. The van der Waals surface area contributed by atoms with Crippen LogP contribution in [0.15, 0.2) is 10.7 Å². The molecule has 2 N–H and O–H groups in total. The monoisotopic (exact) mass is 234 g/mol. The second-order valence-electron chi connectivity index (χ2n) is 4.34. The highest BCUT2D eigenvalue weighted by molar-refractivity contribution is 5.45. The van der Waals surface area contributed by atoms with Gasteiger partial charge in [-0.3, -0.25) is 0 Å². The minimum Gasteiger partial charge on any atom is -0.338 e. The van der Waals surface area contributed by atoms with Gasteiger partial charge in [-0.2, -0.15) is 20.4 Å². The van der Waals surface area contributed by atoms with Gasteiger partial charge in [0.1, 0.15) is 0 Å². The van der Waals surface area contributed by atoms with Crippen LogP contribution in [0.1, 0.15) is 25.7 Å². The van der Waals surface area contributed by atoms with Crippen LogP contribution in [0.3, 0.4) is 0 Å². The topological polar surface area (TPSA) is 92.5 Å². The predicted octanol–water partition coefficient (Wildman–Crippen LogP) is 0.496. The van der Waals surface area contributed by atoms with E-state index < -0.39 is 0 Å². The summed E-state index contributed by atoms with van der Waals surface area (Å²) in [5.74, 6) is 1.19. The first-order chi connectivity index (χ1) is 8.34. The molecule has 1 unspecified atom stereocenters. The maximum absolute atomic E-state index is 5.38. The standard InChI is InChI=1S/C10H14N6O/c1-2-10(3-4-11-6-10)9-13-8(15-17-9)7-5-12-16-14-7/h5,11H,2-4,6H2,1H3,(H,12,14,16). The fourth-order valence-corrected chi connectivity index (χ4v) is 2.23. The maximum atomic E-state index is 5.38. The van der Waals surface area contributed by atoms with Crippen molar-refractivity contribution in [1.29, 1.82) is 0 Å². The Morgan fingerprint density at radius 2 is 2.47 bits per heavy atom. The second kappa shape index (κ2) is 3.92. The first kappa shape index (κ1) is 10.4. The largest absolute Gasteiger partial charge is 0.338 e. The molecule has 1 aliphatic heterocycles. The van der Waals surface area contributed by atoms with E-state index in [1.807, 2.05) is 0 Å². The van der Waals surface area contributed by atoms with Crippen molar-refractivity contribution in [3.63, 3.8) is 0 Å². The number of H-pyrrole nitrogens is 1. The minimum absolute atomic E-state index is 0.0189. The fourth-order valence-electron chi connectivity index (χ4n) is 2.23. The van der Waals surface area contributed by atoms with Crippen LogP contribution in [0.5, 0.6) is 0 Å². The van der Waals surface area contributed by atoms with E-state index in [4.69, 9.17) is 4.52 Å². The molecule has 1 fully saturated rings. The summed E-state index contributed by atoms with van der Waals surface area (Å²) in [6.45, 7) is 4.03. The summed E-state index contributed by atoms with van der Waals surface area (Å²) in [7, 11) is 0. The Kier molecular flexibility index (Phi) is 2.40. The highest BCUT2D eigenvalue weighted by Crippen LogP contribution is 2.33. The molecule has 7 heteroatoms. The molecule has 0 amide bonds. The SMILES string of the molecule is CCC1(c2nc(-c3cn[nH]n3)no2)CCNC1. The van der Waals surface area contributed by atoms with Gasteiger partial charge in [-0.25, -0.2) is 0 Å². The molecule has 1 atom stereocenters. The molecule has 0 aliphatic carbocycles. The van der Waals surface area contributed by atoms with Gasteiger partial charge >= 0.3 is 0 Å². The molecule has 7 nitrogen and oxygen atoms in total. The Hall–Kier alpha value is -1.76. The summed E-state index contributed by atoms with van der Waals surface area (Å²) in [6.07, 6.45) is 3.60. The predicted molar refractivity (Wildman–Crippen MR) is 59.1 cm³/mol. The van der Waals surface area contributed by atoms with E-state index in [0.717, 1.165) is 25.9 Å². The molecule has 0 bridgehead atoms. The fraction of sp³-hybridized carbons (Fsp3) is 0.600. The van der Waals surface area contributed by atoms with Crippen molar-refractivity contribution in [3.05, 3.63) is 12.1 Å². The summed E-state index contributed by atoms with van der Waals surface area (Å²) in [4.78, 5) is 4.44. The van der Waals surface area contributed by atoms with E-state index in [-0.39, 0.29) is 5.41 Å². The van der Waals surface area contributed by atoms with Crippen LogP contribution in [-0.4, -0.2) is 38.6 Å². The Morgan fingerprint density at radius 1 is 1.53 bits per heavy atom. The Labute approximate surface area is 98.0 Å². The van der Waals surface area contributed by atoms with Crippen molar-refractivity contribution in [3.8, 4) is 11.5 Å². The van der Waals surface area contributed by atoms with E-state index in [1.54, 1.807) is 6.20 Å². The van der Waals surface area contributed by atoms with E-state index in [1.165, 1.54) is 0 Å². The molecular formula is C10H14N6O. The van der Waals surface area contributed by atoms with Gasteiger partial charge in [-0.05, 0) is 19.4 Å². The third-order valence-corrected chi connectivity index (χ3v) is 3.44. The molecule has 90 valence electrons. The van der Waals surface area contributed by atoms with Gasteiger partial charge in [-0.1, -0.05) is 12.1 Å². The Morgan fingerprint density at radius 3 is 3.12 bits per heavy atom. The second-order valence-corrected chi connectivity index (χ2v) is 4.34. The van der Waals surface area contributed by atoms with Gasteiger partial charge in [0.05, 0.1) is 11.6 Å². The molecule has 0 saturated carbocycles. The van der Waals surface area contributed by atoms with Crippen molar-refractivity contribution >= 4 is 0 Å². The maximum Gasteiger partial charge on any atom is 0.234 e. The molecule has 0 radical (unpaired) electrons. The third kappa shape index (κ3) is 1.62. The van der Waals surface area contributed by atoms with Crippen molar-refractivity contribution in [1.82, 2.24) is 30.9 Å². The molecule has 2 aromatic rings. The van der Waals surface area contributed by atoms with E-state index in [0.29, 0.717) is 17.4 Å². The van der Waals surface area contributed by atoms with Crippen LogP contribution in [0, 0.1) is 0 Å². The van der Waals surface area contributed by atoms with Gasteiger partial charge in [-0.15, -0.1) is 0 Å². The molecule has 1 aliphatic rings. The van der Waals surface area contributed by atoms with Crippen LogP contribution < -0.4 is 5.32 Å². The minimum atomic E-state index is -0.0189. The van der Waals surface area contributed by atoms with Gasteiger partial charge in [0.25, 0.3) is 0 Å². The lowest BCUT2D eigenvalue weighted by Crippen LogP contribution is -2.28. The highest BCUT2D eigenvalue weighted by atomic mass is 16.5. The smallest absolute Gasteiger partial charge is 0.234 e. The zero-order chi connectivity index (χ0) is 11.7. The lowest BCUT2D eigenvalue weighted by Gasteiger charge is -2.20. The molecule has 0 spiro atoms. The number of aromatic nitrogens is 5. The third-order valence-electron chi connectivity index (χ3n) is 3.44. The molecule has 17 heavy (non-hydrogen) atoms. The first-order valence-corrected chi connectivity index (χ1v) is 5.75. The number of nitrogens with zero attached hydrogens (tertiary/aromatic N) is 4. The lowest BCUT2D eigenvalue weighted by atomic mass is 9.84. The van der Waals surface area contributed by atoms with E-state index >= 15 is 0 Å². The van der Waals surface area contributed by atoms with Gasteiger partial charge < -0.3 is 9.84 Å². The van der Waals surface area contributed by atoms with Crippen LogP contribution in [-0.2, 0) is 5.41 Å². The van der Waals surface area contributed by atoms with Crippen molar-refractivity contribution in [2.24, 2.45) is 0 Å². The number of hydrogen-bond donors (Lipinski definition) is 2. The highest BCUT2D eigenvalue weighted by Gasteiger charge is 2.39. The van der Waals surface area contributed by atoms with Crippen LogP contribution >= 0.6 is 0 Å². The summed E-state index contributed by atoms with van der Waals surface area (Å²) < 4.78 is 5.38. The first-order valence-electron chi connectivity index (χ1n) is 5.75.